The van der Waals surface area contributed by atoms with Crippen LogP contribution in [-0.4, -0.2) is 77.7 Å². The molecule has 1 aromatic carbocycles. The number of aryl methyl sites for hydroxylation is 1. The SMILES string of the molecule is CN(C)CC1CC2(CCN(C(=O)c3cc4ccccc4n(C)c3=O)CC2)C(=O)O1.O=CO. The van der Waals surface area contributed by atoms with Crippen molar-refractivity contribution in [3.8, 4) is 0 Å². The molecule has 0 radical (unpaired) electrons. The monoisotopic (exact) mass is 443 g/mol. The van der Waals surface area contributed by atoms with Gasteiger partial charge in [0.15, 0.2) is 0 Å². The number of likely N-dealkylation sites (N-methyl/N-ethyl adjacent to an activating group) is 1. The first-order valence-electron chi connectivity index (χ1n) is 10.5. The van der Waals surface area contributed by atoms with E-state index in [-0.39, 0.29) is 35.6 Å². The highest BCUT2D eigenvalue weighted by Gasteiger charge is 2.50. The Labute approximate surface area is 186 Å². The molecular formula is C23H29N3O6. The third kappa shape index (κ3) is 4.52. The van der Waals surface area contributed by atoms with Crippen LogP contribution in [0.5, 0.6) is 0 Å². The average Bonchev–Trinajstić information content (AvgIpc) is 3.05. The van der Waals surface area contributed by atoms with Crippen LogP contribution in [0.4, 0.5) is 0 Å². The second-order valence-corrected chi connectivity index (χ2v) is 8.65. The van der Waals surface area contributed by atoms with Crippen LogP contribution in [0.3, 0.4) is 0 Å². The molecule has 2 aromatic rings. The molecule has 1 amide bonds. The van der Waals surface area contributed by atoms with Gasteiger partial charge in [-0.3, -0.25) is 19.2 Å². The number of carboxylic acid groups (broad SMARTS) is 1. The Morgan fingerprint density at radius 3 is 2.50 bits per heavy atom. The van der Waals surface area contributed by atoms with Crippen molar-refractivity contribution in [3.05, 3.63) is 46.2 Å². The minimum absolute atomic E-state index is 0.0902. The number of carbonyl (C=O) groups excluding carboxylic acids is 2. The molecule has 172 valence electrons. The molecule has 2 aliphatic rings. The van der Waals surface area contributed by atoms with Crippen molar-refractivity contribution in [1.29, 1.82) is 0 Å². The number of rotatable bonds is 3. The van der Waals surface area contributed by atoms with Crippen molar-refractivity contribution in [2.45, 2.75) is 25.4 Å². The predicted octanol–water partition coefficient (Wildman–Crippen LogP) is 1.34. The summed E-state index contributed by atoms with van der Waals surface area (Å²) in [6.07, 6.45) is 1.77. The summed E-state index contributed by atoms with van der Waals surface area (Å²) < 4.78 is 7.11. The molecule has 2 saturated heterocycles. The number of cyclic esters (lactones) is 1. The van der Waals surface area contributed by atoms with Crippen LogP contribution < -0.4 is 5.56 Å². The van der Waals surface area contributed by atoms with Gasteiger partial charge in [0.25, 0.3) is 17.9 Å². The maximum Gasteiger partial charge on any atom is 0.312 e. The van der Waals surface area contributed by atoms with Gasteiger partial charge in [-0.15, -0.1) is 0 Å². The van der Waals surface area contributed by atoms with Crippen LogP contribution in [0.25, 0.3) is 10.9 Å². The molecule has 3 heterocycles. The summed E-state index contributed by atoms with van der Waals surface area (Å²) in [5.74, 6) is -0.402. The van der Waals surface area contributed by atoms with Crippen LogP contribution in [0.15, 0.2) is 35.1 Å². The summed E-state index contributed by atoms with van der Waals surface area (Å²) >= 11 is 0. The van der Waals surface area contributed by atoms with Gasteiger partial charge in [0.2, 0.25) is 0 Å². The Morgan fingerprint density at radius 2 is 1.88 bits per heavy atom. The van der Waals surface area contributed by atoms with Gasteiger partial charge in [-0.1, -0.05) is 18.2 Å². The molecule has 9 heteroatoms. The lowest BCUT2D eigenvalue weighted by molar-refractivity contribution is -0.150. The molecular weight excluding hydrogens is 414 g/mol. The molecule has 1 spiro atoms. The summed E-state index contributed by atoms with van der Waals surface area (Å²) in [6, 6.07) is 9.21. The van der Waals surface area contributed by atoms with Gasteiger partial charge in [0, 0.05) is 33.1 Å². The number of nitrogens with zero attached hydrogens (tertiary/aromatic N) is 3. The molecule has 1 unspecified atom stereocenters. The number of hydrogen-bond acceptors (Lipinski definition) is 6. The van der Waals surface area contributed by atoms with E-state index >= 15 is 0 Å². The summed E-state index contributed by atoms with van der Waals surface area (Å²) in [4.78, 5) is 50.5. The Bertz CT molecular complexity index is 1070. The van der Waals surface area contributed by atoms with Crippen molar-refractivity contribution < 1.29 is 24.2 Å². The summed E-state index contributed by atoms with van der Waals surface area (Å²) in [7, 11) is 5.61. The molecule has 1 aromatic heterocycles. The molecule has 4 rings (SSSR count). The van der Waals surface area contributed by atoms with Crippen LogP contribution in [0.1, 0.15) is 29.6 Å². The van der Waals surface area contributed by atoms with E-state index in [1.807, 2.05) is 43.3 Å². The number of hydrogen-bond donors (Lipinski definition) is 1. The summed E-state index contributed by atoms with van der Waals surface area (Å²) in [5.41, 5.74) is 0.195. The fraction of sp³-hybridized carbons (Fsp3) is 0.478. The number of benzene rings is 1. The zero-order valence-corrected chi connectivity index (χ0v) is 18.6. The number of pyridine rings is 1. The molecule has 1 N–H and O–H groups in total. The third-order valence-electron chi connectivity index (χ3n) is 6.27. The van der Waals surface area contributed by atoms with E-state index in [9.17, 15) is 14.4 Å². The predicted molar refractivity (Wildman–Crippen MR) is 119 cm³/mol. The number of aromatic nitrogens is 1. The molecule has 2 aliphatic heterocycles. The standard InChI is InChI=1S/C22H27N3O4.CH2O2/c1-23(2)14-16-13-22(21(28)29-16)8-10-25(11-9-22)20(27)17-12-15-6-4-5-7-18(15)24(3)19(17)26;2-1-3/h4-7,12,16H,8-11,13-14H2,1-3H3;1H,(H,2,3). The highest BCUT2D eigenvalue weighted by molar-refractivity contribution is 5.97. The number of piperidine rings is 1. The number of fused-ring (bicyclic) bond motifs is 1. The van der Waals surface area contributed by atoms with E-state index in [1.165, 1.54) is 4.57 Å². The highest BCUT2D eigenvalue weighted by atomic mass is 16.6. The van der Waals surface area contributed by atoms with Crippen LogP contribution in [0.2, 0.25) is 0 Å². The van der Waals surface area contributed by atoms with E-state index < -0.39 is 5.41 Å². The lowest BCUT2D eigenvalue weighted by Gasteiger charge is -2.36. The first-order valence-corrected chi connectivity index (χ1v) is 10.5. The van der Waals surface area contributed by atoms with Gasteiger partial charge in [-0.05, 0) is 44.5 Å². The largest absolute Gasteiger partial charge is 0.483 e. The molecule has 0 bridgehead atoms. The Morgan fingerprint density at radius 1 is 1.25 bits per heavy atom. The minimum Gasteiger partial charge on any atom is -0.483 e. The van der Waals surface area contributed by atoms with Crippen LogP contribution in [-0.2, 0) is 21.4 Å². The molecule has 0 saturated carbocycles. The zero-order valence-electron chi connectivity index (χ0n) is 18.6. The Hall–Kier alpha value is -3.20. The van der Waals surface area contributed by atoms with Crippen LogP contribution in [0, 0.1) is 5.41 Å². The second-order valence-electron chi connectivity index (χ2n) is 8.65. The Balaban J connectivity index is 0.000000913. The quantitative estimate of drug-likeness (QED) is 0.563. The molecule has 1 atom stereocenters. The smallest absolute Gasteiger partial charge is 0.312 e. The van der Waals surface area contributed by atoms with Crippen molar-refractivity contribution in [2.75, 3.05) is 33.7 Å². The minimum atomic E-state index is -0.494. The third-order valence-corrected chi connectivity index (χ3v) is 6.27. The number of ether oxygens (including phenoxy) is 1. The lowest BCUT2D eigenvalue weighted by Crippen LogP contribution is -2.46. The topological polar surface area (TPSA) is 109 Å². The second kappa shape index (κ2) is 9.52. The fourth-order valence-corrected chi connectivity index (χ4v) is 4.64. The fourth-order valence-electron chi connectivity index (χ4n) is 4.64. The van der Waals surface area contributed by atoms with Gasteiger partial charge >= 0.3 is 5.97 Å². The van der Waals surface area contributed by atoms with E-state index in [4.69, 9.17) is 14.6 Å². The van der Waals surface area contributed by atoms with Gasteiger partial charge in [-0.2, -0.15) is 0 Å². The maximum atomic E-state index is 13.1. The first-order chi connectivity index (χ1) is 15.2. The van der Waals surface area contributed by atoms with Gasteiger partial charge < -0.3 is 24.2 Å². The summed E-state index contributed by atoms with van der Waals surface area (Å²) in [5, 5.41) is 7.75. The normalized spacial score (nSPS) is 19.6. The van der Waals surface area contributed by atoms with Gasteiger partial charge in [0.05, 0.1) is 10.9 Å². The van der Waals surface area contributed by atoms with Crippen molar-refractivity contribution in [3.63, 3.8) is 0 Å². The molecule has 9 nitrogen and oxygen atoms in total. The number of likely N-dealkylation sites (tertiary alicyclic amines) is 1. The lowest BCUT2D eigenvalue weighted by atomic mass is 9.76. The maximum absolute atomic E-state index is 13.1. The van der Waals surface area contributed by atoms with E-state index in [1.54, 1.807) is 18.0 Å². The Kier molecular flexibility index (Phi) is 6.98. The number of amides is 1. The van der Waals surface area contributed by atoms with Crippen LogP contribution >= 0.6 is 0 Å². The van der Waals surface area contributed by atoms with Crippen molar-refractivity contribution in [2.24, 2.45) is 12.5 Å². The van der Waals surface area contributed by atoms with Crippen molar-refractivity contribution in [1.82, 2.24) is 14.4 Å². The first kappa shape index (κ1) is 23.5. The average molecular weight is 444 g/mol. The summed E-state index contributed by atoms with van der Waals surface area (Å²) in [6.45, 7) is 1.38. The number of esters is 1. The molecule has 0 aliphatic carbocycles. The highest BCUT2D eigenvalue weighted by Crippen LogP contribution is 2.43. The molecule has 32 heavy (non-hydrogen) atoms. The molecule has 2 fully saturated rings. The zero-order chi connectivity index (χ0) is 23.5. The van der Waals surface area contributed by atoms with E-state index in [0.717, 1.165) is 10.9 Å². The van der Waals surface area contributed by atoms with E-state index in [2.05, 4.69) is 0 Å². The van der Waals surface area contributed by atoms with Gasteiger partial charge in [0.1, 0.15) is 11.7 Å². The van der Waals surface area contributed by atoms with Crippen molar-refractivity contribution >= 4 is 29.3 Å². The van der Waals surface area contributed by atoms with E-state index in [0.29, 0.717) is 38.9 Å². The number of para-hydroxylation sites is 1. The van der Waals surface area contributed by atoms with Gasteiger partial charge in [-0.25, -0.2) is 0 Å². The number of carbonyl (C=O) groups is 3.